The van der Waals surface area contributed by atoms with E-state index in [1.54, 1.807) is 11.1 Å². The number of carbonyl (C=O) groups excluding carboxylic acids is 2. The summed E-state index contributed by atoms with van der Waals surface area (Å²) in [5.41, 5.74) is 3.24. The lowest BCUT2D eigenvalue weighted by molar-refractivity contribution is -0.144. The summed E-state index contributed by atoms with van der Waals surface area (Å²) in [5.74, 6) is 0.205. The number of carbonyl (C=O) groups is 2. The molecule has 2 aromatic rings. The first kappa shape index (κ1) is 25.0. The van der Waals surface area contributed by atoms with Gasteiger partial charge in [-0.1, -0.05) is 19.1 Å². The average molecular weight is 480 g/mol. The van der Waals surface area contributed by atoms with Crippen molar-refractivity contribution < 1.29 is 19.1 Å². The van der Waals surface area contributed by atoms with E-state index in [1.807, 2.05) is 25.3 Å². The van der Waals surface area contributed by atoms with E-state index >= 15 is 0 Å². The van der Waals surface area contributed by atoms with Crippen LogP contribution in [-0.4, -0.2) is 54.2 Å². The number of aromatic nitrogens is 1. The smallest absolute Gasteiger partial charge is 0.410 e. The molecule has 2 aliphatic heterocycles. The lowest BCUT2D eigenvalue weighted by atomic mass is 9.74. The molecule has 1 amide bonds. The highest BCUT2D eigenvalue weighted by atomic mass is 16.6. The zero-order valence-corrected chi connectivity index (χ0v) is 21.3. The molecule has 0 saturated carbocycles. The molecule has 4 rings (SSSR count). The molecule has 35 heavy (non-hydrogen) atoms. The Balaban J connectivity index is 1.61. The zero-order valence-electron chi connectivity index (χ0n) is 21.3. The van der Waals surface area contributed by atoms with Crippen LogP contribution in [0.2, 0.25) is 0 Å². The number of rotatable bonds is 7. The molecule has 2 aliphatic rings. The topological polar surface area (TPSA) is 72.0 Å². The SMILES string of the molecule is CCOC(=O)N1CCC(Cc2cccnc2)CC1C1C(=O)Oc2cc(N(CC)CC)ccc2C1C. The van der Waals surface area contributed by atoms with Crippen LogP contribution in [0.1, 0.15) is 57.6 Å². The van der Waals surface area contributed by atoms with E-state index in [4.69, 9.17) is 9.47 Å². The first-order chi connectivity index (χ1) is 17.0. The number of anilines is 1. The van der Waals surface area contributed by atoms with Crippen LogP contribution >= 0.6 is 0 Å². The van der Waals surface area contributed by atoms with Gasteiger partial charge in [0.2, 0.25) is 0 Å². The van der Waals surface area contributed by atoms with Gasteiger partial charge < -0.3 is 19.3 Å². The van der Waals surface area contributed by atoms with Crippen LogP contribution in [0.25, 0.3) is 0 Å². The van der Waals surface area contributed by atoms with Crippen LogP contribution < -0.4 is 9.64 Å². The van der Waals surface area contributed by atoms with E-state index in [1.165, 1.54) is 5.56 Å². The minimum atomic E-state index is -0.442. The predicted octanol–water partition coefficient (Wildman–Crippen LogP) is 5.05. The fourth-order valence-corrected chi connectivity index (χ4v) is 5.72. The lowest BCUT2D eigenvalue weighted by Gasteiger charge is -2.45. The van der Waals surface area contributed by atoms with Crippen molar-refractivity contribution in [2.45, 2.75) is 58.9 Å². The fourth-order valence-electron chi connectivity index (χ4n) is 5.72. The molecule has 0 bridgehead atoms. The highest BCUT2D eigenvalue weighted by Gasteiger charge is 2.46. The van der Waals surface area contributed by atoms with Gasteiger partial charge in [-0.2, -0.15) is 0 Å². The fraction of sp³-hybridized carbons (Fsp3) is 0.536. The summed E-state index contributed by atoms with van der Waals surface area (Å²) in [6, 6.07) is 9.92. The molecule has 3 heterocycles. The van der Waals surface area contributed by atoms with Crippen molar-refractivity contribution in [3.8, 4) is 5.75 Å². The maximum atomic E-state index is 13.5. The van der Waals surface area contributed by atoms with Gasteiger partial charge in [-0.15, -0.1) is 0 Å². The first-order valence-electron chi connectivity index (χ1n) is 12.9. The van der Waals surface area contributed by atoms with E-state index in [9.17, 15) is 9.59 Å². The van der Waals surface area contributed by atoms with Crippen LogP contribution in [0, 0.1) is 11.8 Å². The lowest BCUT2D eigenvalue weighted by Crippen LogP contribution is -2.54. The van der Waals surface area contributed by atoms with Crippen molar-refractivity contribution >= 4 is 17.7 Å². The van der Waals surface area contributed by atoms with E-state index in [0.717, 1.165) is 43.6 Å². The van der Waals surface area contributed by atoms with Crippen molar-refractivity contribution in [3.63, 3.8) is 0 Å². The van der Waals surface area contributed by atoms with E-state index < -0.39 is 5.92 Å². The number of piperidine rings is 1. The monoisotopic (exact) mass is 479 g/mol. The van der Waals surface area contributed by atoms with Crippen LogP contribution in [-0.2, 0) is 16.0 Å². The second kappa shape index (κ2) is 11.1. The van der Waals surface area contributed by atoms with Crippen molar-refractivity contribution in [3.05, 3.63) is 53.9 Å². The molecule has 4 atom stereocenters. The van der Waals surface area contributed by atoms with Crippen molar-refractivity contribution in [1.82, 2.24) is 9.88 Å². The molecule has 0 aliphatic carbocycles. The second-order valence-electron chi connectivity index (χ2n) is 9.55. The van der Waals surface area contributed by atoms with Gasteiger partial charge in [-0.25, -0.2) is 4.79 Å². The molecule has 1 fully saturated rings. The summed E-state index contributed by atoms with van der Waals surface area (Å²) in [6.45, 7) is 10.8. The van der Waals surface area contributed by atoms with E-state index in [-0.39, 0.29) is 24.0 Å². The molecule has 7 nitrogen and oxygen atoms in total. The van der Waals surface area contributed by atoms with Gasteiger partial charge >= 0.3 is 12.1 Å². The van der Waals surface area contributed by atoms with Crippen LogP contribution in [0.4, 0.5) is 10.5 Å². The Morgan fingerprint density at radius 2 is 2.03 bits per heavy atom. The largest absolute Gasteiger partial charge is 0.450 e. The standard InChI is InChI=1S/C28H37N3O4/c1-5-30(6-2)22-10-11-23-19(4)26(27(32)35-25(23)17-22)24-16-20(15-21-9-8-13-29-18-21)12-14-31(24)28(33)34-7-3/h8-11,13,17-20,24,26H,5-7,12,14-16H2,1-4H3. The third-order valence-corrected chi connectivity index (χ3v) is 7.56. The molecule has 7 heteroatoms. The number of hydrogen-bond acceptors (Lipinski definition) is 6. The van der Waals surface area contributed by atoms with Crippen molar-refractivity contribution in [2.75, 3.05) is 31.1 Å². The average Bonchev–Trinajstić information content (AvgIpc) is 2.85. The van der Waals surface area contributed by atoms with Gasteiger partial charge in [-0.05, 0) is 69.2 Å². The van der Waals surface area contributed by atoms with Gasteiger partial charge in [0, 0.05) is 55.7 Å². The molecular weight excluding hydrogens is 442 g/mol. The summed E-state index contributed by atoms with van der Waals surface area (Å²) in [4.78, 5) is 34.6. The van der Waals surface area contributed by atoms with Gasteiger partial charge in [0.05, 0.1) is 12.5 Å². The summed E-state index contributed by atoms with van der Waals surface area (Å²) < 4.78 is 11.3. The molecular formula is C28H37N3O4. The zero-order chi connectivity index (χ0) is 24.9. The number of amides is 1. The molecule has 0 N–H and O–H groups in total. The number of nitrogens with zero attached hydrogens (tertiary/aromatic N) is 3. The molecule has 1 aromatic carbocycles. The number of benzene rings is 1. The molecule has 188 valence electrons. The number of fused-ring (bicyclic) bond motifs is 1. The Bertz CT molecular complexity index is 1020. The summed E-state index contributed by atoms with van der Waals surface area (Å²) >= 11 is 0. The summed E-state index contributed by atoms with van der Waals surface area (Å²) in [5, 5.41) is 0. The summed E-state index contributed by atoms with van der Waals surface area (Å²) in [7, 11) is 0. The Kier molecular flexibility index (Phi) is 7.93. The summed E-state index contributed by atoms with van der Waals surface area (Å²) in [6.07, 6.45) is 5.79. The van der Waals surface area contributed by atoms with Crippen LogP contribution in [0.5, 0.6) is 5.75 Å². The number of pyridine rings is 1. The predicted molar refractivity (Wildman–Crippen MR) is 136 cm³/mol. The minimum absolute atomic E-state index is 0.0731. The van der Waals surface area contributed by atoms with E-state index in [2.05, 4.69) is 48.9 Å². The Morgan fingerprint density at radius 1 is 1.23 bits per heavy atom. The number of hydrogen-bond donors (Lipinski definition) is 0. The number of ether oxygens (including phenoxy) is 2. The maximum absolute atomic E-state index is 13.5. The Labute approximate surface area is 208 Å². The molecule has 1 saturated heterocycles. The minimum Gasteiger partial charge on any atom is -0.450 e. The molecule has 4 unspecified atom stereocenters. The number of likely N-dealkylation sites (tertiary alicyclic amines) is 1. The number of esters is 1. The van der Waals surface area contributed by atoms with Gasteiger partial charge in [-0.3, -0.25) is 9.78 Å². The van der Waals surface area contributed by atoms with Crippen molar-refractivity contribution in [2.24, 2.45) is 11.8 Å². The maximum Gasteiger partial charge on any atom is 0.410 e. The quantitative estimate of drug-likeness (QED) is 0.409. The van der Waals surface area contributed by atoms with Crippen LogP contribution in [0.3, 0.4) is 0 Å². The highest BCUT2D eigenvalue weighted by molar-refractivity contribution is 5.81. The Hall–Kier alpha value is -3.09. The van der Waals surface area contributed by atoms with Gasteiger partial charge in [0.15, 0.2) is 0 Å². The van der Waals surface area contributed by atoms with Gasteiger partial charge in [0.1, 0.15) is 5.75 Å². The third kappa shape index (κ3) is 5.29. The molecule has 0 radical (unpaired) electrons. The third-order valence-electron chi connectivity index (χ3n) is 7.56. The normalized spacial score (nSPS) is 23.9. The van der Waals surface area contributed by atoms with Crippen molar-refractivity contribution in [1.29, 1.82) is 0 Å². The Morgan fingerprint density at radius 3 is 2.71 bits per heavy atom. The highest BCUT2D eigenvalue weighted by Crippen LogP contribution is 2.44. The second-order valence-corrected chi connectivity index (χ2v) is 9.55. The molecule has 1 aromatic heterocycles. The van der Waals surface area contributed by atoms with Crippen LogP contribution in [0.15, 0.2) is 42.7 Å². The van der Waals surface area contributed by atoms with Gasteiger partial charge in [0.25, 0.3) is 0 Å². The van der Waals surface area contributed by atoms with E-state index in [0.29, 0.717) is 24.8 Å². The molecule has 0 spiro atoms. The first-order valence-corrected chi connectivity index (χ1v) is 12.9.